The predicted octanol–water partition coefficient (Wildman–Crippen LogP) is -3.05. The van der Waals surface area contributed by atoms with Crippen molar-refractivity contribution < 1.29 is 54.1 Å². The van der Waals surface area contributed by atoms with Gasteiger partial charge < -0.3 is 49.8 Å². The summed E-state index contributed by atoms with van der Waals surface area (Å²) in [4.78, 5) is 23.1. The molecule has 0 saturated carbocycles. The van der Waals surface area contributed by atoms with E-state index in [1.54, 1.807) is 13.8 Å². The lowest BCUT2D eigenvalue weighted by atomic mass is 9.92. The van der Waals surface area contributed by atoms with Gasteiger partial charge in [0.15, 0.2) is 12.4 Å². The Kier molecular flexibility index (Phi) is 8.31. The molecule has 0 aromatic rings. The molecule has 168 valence electrons. The number of carbonyl (C=O) groups is 2. The number of hydrogen-bond acceptors (Lipinski definition) is 10. The quantitative estimate of drug-likeness (QED) is 0.244. The van der Waals surface area contributed by atoms with Crippen molar-refractivity contribution in [1.82, 2.24) is 5.32 Å². The molecule has 2 rings (SSSR count). The van der Waals surface area contributed by atoms with Crippen molar-refractivity contribution in [3.8, 4) is 0 Å². The van der Waals surface area contributed by atoms with E-state index in [2.05, 4.69) is 5.32 Å². The Morgan fingerprint density at radius 1 is 1.07 bits per heavy atom. The summed E-state index contributed by atoms with van der Waals surface area (Å²) >= 11 is 0. The molecule has 2 aliphatic rings. The van der Waals surface area contributed by atoms with Gasteiger partial charge in [0, 0.05) is 13.5 Å². The van der Waals surface area contributed by atoms with Crippen LogP contribution in [-0.4, -0.2) is 112 Å². The molecular formula is C17H29NO11. The number of nitrogens with one attached hydrogen (secondary N) is 1. The summed E-state index contributed by atoms with van der Waals surface area (Å²) in [5.74, 6) is -1.88. The molecule has 2 fully saturated rings. The van der Waals surface area contributed by atoms with E-state index in [0.717, 1.165) is 0 Å². The highest BCUT2D eigenvalue weighted by Gasteiger charge is 2.52. The standard InChI is InChI=1S/C17H29NO11/c1-4-26-14-11(22)12(23)17(29-15(14)16(24)25)28-13-9(18-7(3)20)6(2)27-8(5-19)10(13)21/h6,8-15,17,19,21-23H,4-5H2,1-3H3,(H,18,20)(H,24,25)/t6?,8?,9-,10-,11?,12+,13?,14+,15?,17-/m1/s1. The van der Waals surface area contributed by atoms with Crippen LogP contribution >= 0.6 is 0 Å². The molecule has 0 aliphatic carbocycles. The van der Waals surface area contributed by atoms with Crippen molar-refractivity contribution in [2.24, 2.45) is 0 Å². The highest BCUT2D eigenvalue weighted by molar-refractivity contribution is 5.73. The van der Waals surface area contributed by atoms with Gasteiger partial charge in [-0.1, -0.05) is 0 Å². The van der Waals surface area contributed by atoms with Gasteiger partial charge in [-0.15, -0.1) is 0 Å². The number of aliphatic hydroxyl groups excluding tert-OH is 4. The summed E-state index contributed by atoms with van der Waals surface area (Å²) in [6, 6.07) is -0.897. The van der Waals surface area contributed by atoms with Crippen LogP contribution in [0.1, 0.15) is 20.8 Å². The molecule has 6 N–H and O–H groups in total. The van der Waals surface area contributed by atoms with E-state index in [9.17, 15) is 35.1 Å². The van der Waals surface area contributed by atoms with E-state index in [4.69, 9.17) is 18.9 Å². The first kappa shape index (κ1) is 23.9. The number of rotatable bonds is 7. The summed E-state index contributed by atoms with van der Waals surface area (Å²) in [5, 5.41) is 52.6. The summed E-state index contributed by atoms with van der Waals surface area (Å²) in [7, 11) is 0. The van der Waals surface area contributed by atoms with Crippen LogP contribution in [0, 0.1) is 0 Å². The van der Waals surface area contributed by atoms with Crippen LogP contribution in [0.25, 0.3) is 0 Å². The first-order chi connectivity index (χ1) is 13.6. The predicted molar refractivity (Wildman–Crippen MR) is 93.6 cm³/mol. The average molecular weight is 423 g/mol. The Bertz CT molecular complexity index is 576. The molecule has 0 radical (unpaired) electrons. The molecule has 2 saturated heterocycles. The lowest BCUT2D eigenvalue weighted by molar-refractivity contribution is -0.329. The Morgan fingerprint density at radius 3 is 2.24 bits per heavy atom. The Labute approximate surface area is 167 Å². The van der Waals surface area contributed by atoms with Crippen LogP contribution < -0.4 is 5.32 Å². The van der Waals surface area contributed by atoms with E-state index in [-0.39, 0.29) is 6.61 Å². The first-order valence-electron chi connectivity index (χ1n) is 9.35. The molecule has 2 heterocycles. The lowest BCUT2D eigenvalue weighted by Crippen LogP contribution is -2.67. The maximum Gasteiger partial charge on any atom is 0.335 e. The Morgan fingerprint density at radius 2 is 1.72 bits per heavy atom. The number of ether oxygens (including phenoxy) is 4. The van der Waals surface area contributed by atoms with Gasteiger partial charge in [-0.2, -0.15) is 0 Å². The zero-order valence-electron chi connectivity index (χ0n) is 16.4. The number of aliphatic hydroxyl groups is 4. The van der Waals surface area contributed by atoms with Crippen molar-refractivity contribution in [1.29, 1.82) is 0 Å². The monoisotopic (exact) mass is 423 g/mol. The van der Waals surface area contributed by atoms with Gasteiger partial charge in [-0.25, -0.2) is 4.79 Å². The maximum absolute atomic E-state index is 11.6. The molecule has 2 aliphatic heterocycles. The van der Waals surface area contributed by atoms with Crippen LogP contribution in [0.3, 0.4) is 0 Å². The highest BCUT2D eigenvalue weighted by Crippen LogP contribution is 2.30. The molecule has 0 aromatic heterocycles. The van der Waals surface area contributed by atoms with E-state index in [1.807, 2.05) is 0 Å². The number of amides is 1. The molecule has 1 amide bonds. The molecule has 12 nitrogen and oxygen atoms in total. The molecule has 29 heavy (non-hydrogen) atoms. The number of hydrogen-bond donors (Lipinski definition) is 6. The third kappa shape index (κ3) is 5.22. The Hall–Kier alpha value is -1.38. The zero-order chi connectivity index (χ0) is 21.9. The van der Waals surface area contributed by atoms with Crippen molar-refractivity contribution in [3.63, 3.8) is 0 Å². The first-order valence-corrected chi connectivity index (χ1v) is 9.35. The highest BCUT2D eigenvalue weighted by atomic mass is 16.7. The minimum absolute atomic E-state index is 0.0755. The summed E-state index contributed by atoms with van der Waals surface area (Å²) in [6.07, 6.45) is -12.4. The second kappa shape index (κ2) is 10.1. The van der Waals surface area contributed by atoms with E-state index in [0.29, 0.717) is 0 Å². The van der Waals surface area contributed by atoms with Gasteiger partial charge in [-0.3, -0.25) is 4.79 Å². The topological polar surface area (TPSA) is 184 Å². The van der Waals surface area contributed by atoms with Crippen molar-refractivity contribution in [2.75, 3.05) is 13.2 Å². The number of carboxylic acid groups (broad SMARTS) is 1. The van der Waals surface area contributed by atoms with Gasteiger partial charge in [-0.05, 0) is 13.8 Å². The molecule has 12 heteroatoms. The number of carboxylic acids is 1. The normalized spacial score (nSPS) is 43.0. The van der Waals surface area contributed by atoms with Crippen molar-refractivity contribution >= 4 is 11.9 Å². The van der Waals surface area contributed by atoms with Crippen molar-refractivity contribution in [3.05, 3.63) is 0 Å². The van der Waals surface area contributed by atoms with E-state index < -0.39 is 79.6 Å². The Balaban J connectivity index is 2.26. The van der Waals surface area contributed by atoms with Crippen LogP contribution in [0.2, 0.25) is 0 Å². The minimum Gasteiger partial charge on any atom is -0.479 e. The number of aliphatic carboxylic acids is 1. The minimum atomic E-state index is -1.70. The van der Waals surface area contributed by atoms with Crippen LogP contribution in [-0.2, 0) is 28.5 Å². The molecule has 5 unspecified atom stereocenters. The third-order valence-electron chi connectivity index (χ3n) is 4.95. The van der Waals surface area contributed by atoms with Crippen LogP contribution in [0.5, 0.6) is 0 Å². The maximum atomic E-state index is 11.6. The van der Waals surface area contributed by atoms with Gasteiger partial charge in [0.2, 0.25) is 5.91 Å². The zero-order valence-corrected chi connectivity index (χ0v) is 16.4. The summed E-state index contributed by atoms with van der Waals surface area (Å²) in [6.45, 7) is 3.96. The van der Waals surface area contributed by atoms with Gasteiger partial charge in [0.1, 0.15) is 36.6 Å². The fourth-order valence-corrected chi connectivity index (χ4v) is 3.56. The van der Waals surface area contributed by atoms with E-state index >= 15 is 0 Å². The van der Waals surface area contributed by atoms with Crippen LogP contribution in [0.4, 0.5) is 0 Å². The lowest BCUT2D eigenvalue weighted by Gasteiger charge is -2.47. The molecular weight excluding hydrogens is 394 g/mol. The number of carbonyl (C=O) groups excluding carboxylic acids is 1. The van der Waals surface area contributed by atoms with E-state index in [1.165, 1.54) is 6.92 Å². The molecule has 0 bridgehead atoms. The fraction of sp³-hybridized carbons (Fsp3) is 0.882. The van der Waals surface area contributed by atoms with Gasteiger partial charge in [0.05, 0.1) is 18.8 Å². The van der Waals surface area contributed by atoms with Crippen LogP contribution in [0.15, 0.2) is 0 Å². The second-order valence-corrected chi connectivity index (χ2v) is 7.04. The third-order valence-corrected chi connectivity index (χ3v) is 4.95. The average Bonchev–Trinajstić information content (AvgIpc) is 2.65. The fourth-order valence-electron chi connectivity index (χ4n) is 3.56. The molecule has 0 aromatic carbocycles. The summed E-state index contributed by atoms with van der Waals surface area (Å²) < 4.78 is 21.6. The summed E-state index contributed by atoms with van der Waals surface area (Å²) in [5.41, 5.74) is 0. The van der Waals surface area contributed by atoms with Gasteiger partial charge >= 0.3 is 5.97 Å². The molecule has 10 atom stereocenters. The smallest absolute Gasteiger partial charge is 0.335 e. The second-order valence-electron chi connectivity index (χ2n) is 7.04. The molecule has 0 spiro atoms. The van der Waals surface area contributed by atoms with Crippen molar-refractivity contribution in [2.45, 2.75) is 81.9 Å². The SMILES string of the molecule is CCO[C@@H]1C(C(=O)O)O[C@@H](OC2[C@H](O)C(CO)OC(C)[C@H]2NC(C)=O)[C@@H](O)C1O. The largest absolute Gasteiger partial charge is 0.479 e. The van der Waals surface area contributed by atoms with Gasteiger partial charge in [0.25, 0.3) is 0 Å².